The van der Waals surface area contributed by atoms with E-state index in [0.29, 0.717) is 13.1 Å². The third-order valence-electron chi connectivity index (χ3n) is 4.16. The first-order valence-electron chi connectivity index (χ1n) is 7.87. The van der Waals surface area contributed by atoms with Crippen LogP contribution in [0.5, 0.6) is 0 Å². The van der Waals surface area contributed by atoms with Crippen LogP contribution in [0.3, 0.4) is 0 Å². The highest BCUT2D eigenvalue weighted by molar-refractivity contribution is 14.1. The number of carbonyl (C=O) groups excluding carboxylic acids is 2. The van der Waals surface area contributed by atoms with Crippen LogP contribution < -0.4 is 0 Å². The molecule has 0 radical (unpaired) electrons. The molecule has 0 unspecified atom stereocenters. The Bertz CT molecular complexity index is 589. The van der Waals surface area contributed by atoms with E-state index in [2.05, 4.69) is 27.5 Å². The number of benzene rings is 1. The summed E-state index contributed by atoms with van der Waals surface area (Å²) in [5.41, 5.74) is 1.91. The van der Waals surface area contributed by atoms with Crippen molar-refractivity contribution >= 4 is 34.4 Å². The predicted molar refractivity (Wildman–Crippen MR) is 99.6 cm³/mol. The molecule has 5 nitrogen and oxygen atoms in total. The summed E-state index contributed by atoms with van der Waals surface area (Å²) in [6, 6.07) is 5.86. The monoisotopic (exact) mass is 429 g/mol. The molecule has 6 heteroatoms. The first-order valence-corrected chi connectivity index (χ1v) is 8.95. The minimum Gasteiger partial charge on any atom is -0.348 e. The van der Waals surface area contributed by atoms with Gasteiger partial charge in [0.2, 0.25) is 5.91 Å². The number of amides is 2. The Morgan fingerprint density at radius 2 is 1.91 bits per heavy atom. The Labute approximate surface area is 151 Å². The second-order valence-electron chi connectivity index (χ2n) is 6.15. The molecular weight excluding hydrogens is 405 g/mol. The van der Waals surface area contributed by atoms with Gasteiger partial charge in [-0.25, -0.2) is 0 Å². The lowest BCUT2D eigenvalue weighted by Crippen LogP contribution is -2.39. The van der Waals surface area contributed by atoms with Crippen LogP contribution in [0.4, 0.5) is 0 Å². The molecule has 1 aromatic carbocycles. The molecule has 0 bridgehead atoms. The van der Waals surface area contributed by atoms with E-state index in [1.54, 1.807) is 19.0 Å². The summed E-state index contributed by atoms with van der Waals surface area (Å²) in [4.78, 5) is 30.3. The van der Waals surface area contributed by atoms with Crippen LogP contribution in [0.1, 0.15) is 22.3 Å². The third-order valence-corrected chi connectivity index (χ3v) is 5.59. The summed E-state index contributed by atoms with van der Waals surface area (Å²) in [6.07, 6.45) is 0.898. The van der Waals surface area contributed by atoms with Gasteiger partial charge in [-0.3, -0.25) is 14.5 Å². The quantitative estimate of drug-likeness (QED) is 0.689. The average Bonchev–Trinajstić information content (AvgIpc) is 2.75. The van der Waals surface area contributed by atoms with Gasteiger partial charge in [0, 0.05) is 43.8 Å². The summed E-state index contributed by atoms with van der Waals surface area (Å²) in [6.45, 7) is 5.47. The van der Waals surface area contributed by atoms with E-state index < -0.39 is 0 Å². The molecule has 0 atom stereocenters. The second-order valence-corrected chi connectivity index (χ2v) is 7.23. The minimum atomic E-state index is 0.0962. The first-order chi connectivity index (χ1) is 10.9. The maximum absolute atomic E-state index is 12.8. The zero-order valence-electron chi connectivity index (χ0n) is 14.0. The van der Waals surface area contributed by atoms with Gasteiger partial charge >= 0.3 is 0 Å². The fourth-order valence-corrected chi connectivity index (χ4v) is 3.24. The Kier molecular flexibility index (Phi) is 6.41. The van der Waals surface area contributed by atoms with Gasteiger partial charge in [0.15, 0.2) is 0 Å². The van der Waals surface area contributed by atoms with Crippen molar-refractivity contribution in [1.29, 1.82) is 0 Å². The molecule has 0 saturated carbocycles. The summed E-state index contributed by atoms with van der Waals surface area (Å²) in [5.74, 6) is 0.205. The van der Waals surface area contributed by atoms with Crippen LogP contribution in [-0.4, -0.2) is 73.3 Å². The van der Waals surface area contributed by atoms with Crippen molar-refractivity contribution in [3.8, 4) is 0 Å². The molecule has 1 aliphatic heterocycles. The smallest absolute Gasteiger partial charge is 0.254 e. The molecule has 0 spiro atoms. The van der Waals surface area contributed by atoms with Gasteiger partial charge in [-0.15, -0.1) is 0 Å². The average molecular weight is 429 g/mol. The molecule has 1 fully saturated rings. The minimum absolute atomic E-state index is 0.0962. The fourth-order valence-electron chi connectivity index (χ4n) is 2.65. The van der Waals surface area contributed by atoms with E-state index in [1.807, 2.05) is 30.0 Å². The van der Waals surface area contributed by atoms with Crippen molar-refractivity contribution in [1.82, 2.24) is 14.7 Å². The number of rotatable bonds is 3. The number of hydrogen-bond donors (Lipinski definition) is 0. The predicted octanol–water partition coefficient (Wildman–Crippen LogP) is 1.84. The highest BCUT2D eigenvalue weighted by atomic mass is 127. The van der Waals surface area contributed by atoms with Gasteiger partial charge < -0.3 is 9.80 Å². The van der Waals surface area contributed by atoms with Crippen LogP contribution >= 0.6 is 22.6 Å². The molecule has 1 saturated heterocycles. The Balaban J connectivity index is 2.01. The summed E-state index contributed by atoms with van der Waals surface area (Å²) < 4.78 is 1.03. The summed E-state index contributed by atoms with van der Waals surface area (Å²) in [5, 5.41) is 0. The molecule has 0 aliphatic carbocycles. The number of nitrogens with zero attached hydrogens (tertiary/aromatic N) is 3. The number of halogens is 1. The van der Waals surface area contributed by atoms with E-state index >= 15 is 0 Å². The van der Waals surface area contributed by atoms with E-state index in [4.69, 9.17) is 0 Å². The molecule has 1 aromatic rings. The van der Waals surface area contributed by atoms with Crippen molar-refractivity contribution in [2.24, 2.45) is 0 Å². The molecule has 2 rings (SSSR count). The first kappa shape index (κ1) is 18.2. The van der Waals surface area contributed by atoms with Crippen LogP contribution in [0.25, 0.3) is 0 Å². The van der Waals surface area contributed by atoms with Gasteiger partial charge in [0.1, 0.15) is 0 Å². The Morgan fingerprint density at radius 1 is 1.17 bits per heavy atom. The van der Waals surface area contributed by atoms with Crippen molar-refractivity contribution in [3.05, 3.63) is 32.9 Å². The van der Waals surface area contributed by atoms with Crippen molar-refractivity contribution in [2.75, 3.05) is 46.8 Å². The van der Waals surface area contributed by atoms with E-state index in [0.717, 1.165) is 40.8 Å². The fraction of sp³-hybridized carbons (Fsp3) is 0.529. The van der Waals surface area contributed by atoms with E-state index in [-0.39, 0.29) is 11.8 Å². The van der Waals surface area contributed by atoms with Crippen molar-refractivity contribution in [2.45, 2.75) is 13.3 Å². The third kappa shape index (κ3) is 4.67. The van der Waals surface area contributed by atoms with Crippen LogP contribution in [-0.2, 0) is 4.79 Å². The van der Waals surface area contributed by atoms with Gasteiger partial charge in [-0.2, -0.15) is 0 Å². The largest absolute Gasteiger partial charge is 0.348 e. The van der Waals surface area contributed by atoms with E-state index in [1.165, 1.54) is 0 Å². The Hall–Kier alpha value is -1.15. The molecule has 126 valence electrons. The molecule has 2 amide bonds. The van der Waals surface area contributed by atoms with Crippen LogP contribution in [0.15, 0.2) is 18.2 Å². The van der Waals surface area contributed by atoms with Gasteiger partial charge in [0.25, 0.3) is 5.91 Å². The van der Waals surface area contributed by atoms with Crippen molar-refractivity contribution < 1.29 is 9.59 Å². The zero-order chi connectivity index (χ0) is 17.0. The van der Waals surface area contributed by atoms with Crippen LogP contribution in [0.2, 0.25) is 0 Å². The molecule has 0 aromatic heterocycles. The molecule has 0 N–H and O–H groups in total. The number of carbonyl (C=O) groups is 2. The van der Waals surface area contributed by atoms with Gasteiger partial charge in [-0.1, -0.05) is 12.1 Å². The van der Waals surface area contributed by atoms with Gasteiger partial charge in [-0.05, 0) is 47.6 Å². The number of likely N-dealkylation sites (N-methyl/N-ethyl adjacent to an activating group) is 1. The maximum atomic E-state index is 12.8. The number of hydrogen-bond acceptors (Lipinski definition) is 3. The normalized spacial score (nSPS) is 16.1. The molecule has 1 aliphatic rings. The van der Waals surface area contributed by atoms with Crippen LogP contribution in [0, 0.1) is 10.5 Å². The number of aryl methyl sites for hydroxylation is 1. The topological polar surface area (TPSA) is 43.9 Å². The lowest BCUT2D eigenvalue weighted by molar-refractivity contribution is -0.129. The lowest BCUT2D eigenvalue weighted by atomic mass is 10.1. The summed E-state index contributed by atoms with van der Waals surface area (Å²) in [7, 11) is 3.55. The van der Waals surface area contributed by atoms with Crippen molar-refractivity contribution in [3.63, 3.8) is 0 Å². The zero-order valence-corrected chi connectivity index (χ0v) is 16.2. The molecular formula is C17H24IN3O2. The standard InChI is InChI=1S/C17H24IN3O2/c1-13-6-4-7-14(16(13)18)17(23)21-9-5-8-20(10-11-21)12-15(22)19(2)3/h4,6-7H,5,8-12H2,1-3H3. The Morgan fingerprint density at radius 3 is 2.61 bits per heavy atom. The second kappa shape index (κ2) is 8.10. The highest BCUT2D eigenvalue weighted by Gasteiger charge is 2.23. The highest BCUT2D eigenvalue weighted by Crippen LogP contribution is 2.19. The summed E-state index contributed by atoms with van der Waals surface area (Å²) >= 11 is 2.25. The molecule has 23 heavy (non-hydrogen) atoms. The van der Waals surface area contributed by atoms with Gasteiger partial charge in [0.05, 0.1) is 12.1 Å². The SMILES string of the molecule is Cc1cccc(C(=O)N2CCCN(CC(=O)N(C)C)CC2)c1I. The van der Waals surface area contributed by atoms with E-state index in [9.17, 15) is 9.59 Å². The lowest BCUT2D eigenvalue weighted by Gasteiger charge is -2.23. The maximum Gasteiger partial charge on any atom is 0.254 e. The molecule has 1 heterocycles.